The molecular weight excluding hydrogens is 587 g/mol. The summed E-state index contributed by atoms with van der Waals surface area (Å²) in [6.07, 6.45) is 6.53. The molecule has 0 radical (unpaired) electrons. The highest BCUT2D eigenvalue weighted by Crippen LogP contribution is 2.52. The lowest BCUT2D eigenvalue weighted by atomic mass is 9.64. The van der Waals surface area contributed by atoms with E-state index in [0.29, 0.717) is 37.8 Å². The Morgan fingerprint density at radius 1 is 1.14 bits per heavy atom. The smallest absolute Gasteiger partial charge is 0.237 e. The van der Waals surface area contributed by atoms with Crippen LogP contribution in [0, 0.1) is 22.6 Å². The Bertz CT molecular complexity index is 1270. The number of hydrogen-bond donors (Lipinski definition) is 5. The molecule has 1 aliphatic carbocycles. The van der Waals surface area contributed by atoms with E-state index in [1.165, 1.54) is 36.6 Å². The van der Waals surface area contributed by atoms with Gasteiger partial charge >= 0.3 is 0 Å². The van der Waals surface area contributed by atoms with Crippen molar-refractivity contribution in [1.29, 1.82) is 0 Å². The molecule has 1 aromatic rings. The zero-order valence-electron chi connectivity index (χ0n) is 24.0. The number of aliphatic hydroxyl groups excluding tert-OH is 2. The van der Waals surface area contributed by atoms with E-state index >= 15 is 0 Å². The maximum Gasteiger partial charge on any atom is 0.237 e. The van der Waals surface area contributed by atoms with Gasteiger partial charge in [0.15, 0.2) is 0 Å². The molecule has 1 unspecified atom stereocenters. The van der Waals surface area contributed by atoms with Gasteiger partial charge in [-0.05, 0) is 73.3 Å². The summed E-state index contributed by atoms with van der Waals surface area (Å²) in [5.41, 5.74) is -1.35. The Morgan fingerprint density at radius 3 is 2.48 bits per heavy atom. The van der Waals surface area contributed by atoms with Gasteiger partial charge in [0, 0.05) is 24.7 Å². The van der Waals surface area contributed by atoms with Gasteiger partial charge in [-0.15, -0.1) is 0 Å². The zero-order chi connectivity index (χ0) is 30.8. The Hall–Kier alpha value is -2.30. The molecule has 2 amide bonds. The van der Waals surface area contributed by atoms with Crippen LogP contribution in [0.3, 0.4) is 0 Å². The molecule has 2 fully saturated rings. The first-order chi connectivity index (χ1) is 19.7. The van der Waals surface area contributed by atoms with E-state index in [4.69, 9.17) is 23.2 Å². The largest absolute Gasteiger partial charge is 0.390 e. The number of rotatable bonds is 7. The first-order valence-electron chi connectivity index (χ1n) is 14.3. The van der Waals surface area contributed by atoms with Gasteiger partial charge in [0.05, 0.1) is 33.7 Å². The van der Waals surface area contributed by atoms with Crippen LogP contribution in [0.2, 0.25) is 5.02 Å². The number of hydrogen-bond acceptors (Lipinski definition) is 5. The number of halogens is 4. The summed E-state index contributed by atoms with van der Waals surface area (Å²) in [5.74, 6) is -2.96. The Kier molecular flexibility index (Phi) is 10.2. The van der Waals surface area contributed by atoms with Crippen molar-refractivity contribution in [3.05, 3.63) is 69.9 Å². The maximum absolute atomic E-state index is 15.0. The van der Waals surface area contributed by atoms with E-state index in [1.54, 1.807) is 0 Å². The second-order valence-electron chi connectivity index (χ2n) is 12.8. The van der Waals surface area contributed by atoms with Crippen LogP contribution in [0.25, 0.3) is 0 Å². The summed E-state index contributed by atoms with van der Waals surface area (Å²) in [5, 5.41) is 28.4. The van der Waals surface area contributed by atoms with Crippen molar-refractivity contribution in [2.24, 2.45) is 16.7 Å². The number of nitrogens with one attached hydrogen (secondary N) is 3. The molecule has 3 aliphatic rings. The minimum atomic E-state index is -1.49. The van der Waals surface area contributed by atoms with Crippen molar-refractivity contribution in [3.63, 3.8) is 0 Å². The van der Waals surface area contributed by atoms with Gasteiger partial charge in [-0.25, -0.2) is 8.78 Å². The van der Waals surface area contributed by atoms with Crippen molar-refractivity contribution < 1.29 is 28.6 Å². The van der Waals surface area contributed by atoms with E-state index < -0.39 is 53.2 Å². The minimum Gasteiger partial charge on any atom is -0.390 e. The molecular formula is C31H39Cl2F2N3O4. The Labute approximate surface area is 255 Å². The van der Waals surface area contributed by atoms with Gasteiger partial charge in [-0.3, -0.25) is 9.59 Å². The number of aliphatic hydroxyl groups is 2. The van der Waals surface area contributed by atoms with E-state index in [2.05, 4.69) is 16.0 Å². The number of amides is 2. The second kappa shape index (κ2) is 13.1. The third-order valence-corrected chi connectivity index (χ3v) is 9.06. The maximum atomic E-state index is 15.0. The summed E-state index contributed by atoms with van der Waals surface area (Å²) in [6.45, 7) is 6.35. The standard InChI is InChI=1S/C31H39Cl2F2N3O4/c1-30(2,3)16-25-31(10-8-22(35)19(32)9-12-37-29(31)42)26(18-6-7-21(34)20(33)15-18)27(38-25)28(41)36-11-4-5-17-13-23(39)24(40)14-17/h6-10,12,15,17,23-27,38-40H,4-5,11,13-14,16H2,1-3H3,(H,36,41)(H,37,42)/b10-8+,12-9+,22-19-/t17?,23-,24+,25-,26+,27-,31+/m1/s1. The van der Waals surface area contributed by atoms with Gasteiger partial charge in [0.1, 0.15) is 11.6 Å². The number of carbonyl (C=O) groups is 2. The lowest BCUT2D eigenvalue weighted by Gasteiger charge is -2.38. The lowest BCUT2D eigenvalue weighted by molar-refractivity contribution is -0.129. The molecule has 11 heteroatoms. The topological polar surface area (TPSA) is 111 Å². The highest BCUT2D eigenvalue weighted by atomic mass is 35.5. The van der Waals surface area contributed by atoms with Crippen LogP contribution in [-0.4, -0.2) is 52.9 Å². The summed E-state index contributed by atoms with van der Waals surface area (Å²) in [7, 11) is 0. The monoisotopic (exact) mass is 625 g/mol. The van der Waals surface area contributed by atoms with Crippen LogP contribution in [0.1, 0.15) is 64.4 Å². The first kappa shape index (κ1) is 32.6. The zero-order valence-corrected chi connectivity index (χ0v) is 25.5. The highest BCUT2D eigenvalue weighted by Gasteiger charge is 2.60. The molecule has 1 saturated carbocycles. The first-order valence-corrected chi connectivity index (χ1v) is 15.1. The fourth-order valence-corrected chi connectivity index (χ4v) is 6.82. The van der Waals surface area contributed by atoms with Gasteiger partial charge in [0.2, 0.25) is 11.8 Å². The van der Waals surface area contributed by atoms with Crippen molar-refractivity contribution in [1.82, 2.24) is 16.0 Å². The fourth-order valence-electron chi connectivity index (χ4n) is 6.51. The predicted molar refractivity (Wildman–Crippen MR) is 159 cm³/mol. The fraction of sp³-hybridized carbons (Fsp3) is 0.548. The Balaban J connectivity index is 1.71. The van der Waals surface area contributed by atoms with Gasteiger partial charge in [0.25, 0.3) is 0 Å². The molecule has 1 aromatic carbocycles. The molecule has 7 nitrogen and oxygen atoms in total. The molecule has 2 aliphatic heterocycles. The van der Waals surface area contributed by atoms with Gasteiger partial charge in [-0.1, -0.05) is 56.1 Å². The normalized spacial score (nSPS) is 34.9. The molecule has 42 heavy (non-hydrogen) atoms. The van der Waals surface area contributed by atoms with Gasteiger partial charge < -0.3 is 26.2 Å². The molecule has 0 aromatic heterocycles. The molecule has 4 rings (SSSR count). The highest BCUT2D eigenvalue weighted by molar-refractivity contribution is 6.31. The molecule has 0 bridgehead atoms. The minimum absolute atomic E-state index is 0.163. The lowest BCUT2D eigenvalue weighted by Crippen LogP contribution is -2.49. The van der Waals surface area contributed by atoms with Crippen molar-refractivity contribution >= 4 is 35.0 Å². The van der Waals surface area contributed by atoms with E-state index in [9.17, 15) is 28.6 Å². The summed E-state index contributed by atoms with van der Waals surface area (Å²) >= 11 is 12.2. The van der Waals surface area contributed by atoms with E-state index in [0.717, 1.165) is 12.5 Å². The van der Waals surface area contributed by atoms with Gasteiger partial charge in [-0.2, -0.15) is 0 Å². The molecule has 7 atom stereocenters. The quantitative estimate of drug-likeness (QED) is 0.275. The van der Waals surface area contributed by atoms with E-state index in [-0.39, 0.29) is 27.3 Å². The number of carbonyl (C=O) groups excluding carboxylic acids is 2. The van der Waals surface area contributed by atoms with Crippen molar-refractivity contribution in [3.8, 4) is 0 Å². The third kappa shape index (κ3) is 7.08. The van der Waals surface area contributed by atoms with Crippen LogP contribution in [0.15, 0.2) is 53.5 Å². The van der Waals surface area contributed by atoms with Crippen LogP contribution in [0.4, 0.5) is 8.78 Å². The van der Waals surface area contributed by atoms with Crippen molar-refractivity contribution in [2.75, 3.05) is 6.54 Å². The average molecular weight is 627 g/mol. The number of allylic oxidation sites excluding steroid dienone is 4. The average Bonchev–Trinajstić information content (AvgIpc) is 3.42. The van der Waals surface area contributed by atoms with Crippen molar-refractivity contribution in [2.45, 2.75) is 83.1 Å². The molecule has 2 heterocycles. The summed E-state index contributed by atoms with van der Waals surface area (Å²) in [4.78, 5) is 27.9. The van der Waals surface area contributed by atoms with Crippen LogP contribution in [0.5, 0.6) is 0 Å². The molecule has 5 N–H and O–H groups in total. The summed E-state index contributed by atoms with van der Waals surface area (Å²) < 4.78 is 29.2. The van der Waals surface area contributed by atoms with Crippen LogP contribution in [-0.2, 0) is 9.59 Å². The molecule has 1 spiro atoms. The Morgan fingerprint density at radius 2 is 1.83 bits per heavy atom. The summed E-state index contributed by atoms with van der Waals surface area (Å²) in [6, 6.07) is 2.52. The second-order valence-corrected chi connectivity index (χ2v) is 13.6. The van der Waals surface area contributed by atoms with Crippen LogP contribution < -0.4 is 16.0 Å². The molecule has 230 valence electrons. The number of benzene rings is 1. The third-order valence-electron chi connectivity index (χ3n) is 8.46. The SMILES string of the molecule is CC(C)(C)C[C@H]1N[C@@H](C(=O)NCCCC2C[C@@H](O)[C@@H](O)C2)[C@H](c2ccc(F)c(Cl)c2)[C@]12/C=C/C(F)=C(Cl)\C=C\NC2=O. The predicted octanol–water partition coefficient (Wildman–Crippen LogP) is 4.97. The molecule has 1 saturated heterocycles. The van der Waals surface area contributed by atoms with E-state index in [1.807, 2.05) is 20.8 Å². The van der Waals surface area contributed by atoms with Crippen LogP contribution >= 0.6 is 23.2 Å².